The molecular weight excluding hydrogens is 258 g/mol. The number of hydrogen-bond acceptors (Lipinski definition) is 4. The van der Waals surface area contributed by atoms with E-state index in [1.807, 2.05) is 6.07 Å². The Bertz CT molecular complexity index is 554. The molecule has 0 atom stereocenters. The van der Waals surface area contributed by atoms with Gasteiger partial charge in [-0.25, -0.2) is 13.0 Å². The molecular formula is C11H13NO3S2. The van der Waals surface area contributed by atoms with Crippen LogP contribution in [0.25, 0.3) is 10.6 Å². The lowest BCUT2D eigenvalue weighted by Gasteiger charge is -1.93. The van der Waals surface area contributed by atoms with Gasteiger partial charge in [0.1, 0.15) is 7.05 Å². The normalized spacial score (nSPS) is 10.5. The second-order valence-electron chi connectivity index (χ2n) is 3.38. The molecule has 0 saturated carbocycles. The standard InChI is InChI=1S/C10H10NS.CH4O3S/c1-11-7-3-2-5-9(11)10-6-4-8-12-10;1-5(2,3)4/h2-8H,1H3;1H3,(H,2,3,4)/q+1;/p-1. The molecule has 0 amide bonds. The van der Waals surface area contributed by atoms with Gasteiger partial charge in [-0.15, -0.1) is 11.3 Å². The summed E-state index contributed by atoms with van der Waals surface area (Å²) < 4.78 is 29.4. The van der Waals surface area contributed by atoms with Gasteiger partial charge < -0.3 is 4.55 Å². The molecule has 0 fully saturated rings. The van der Waals surface area contributed by atoms with Crippen LogP contribution < -0.4 is 4.57 Å². The molecule has 17 heavy (non-hydrogen) atoms. The largest absolute Gasteiger partial charge is 0.748 e. The van der Waals surface area contributed by atoms with Crippen molar-refractivity contribution in [3.63, 3.8) is 0 Å². The van der Waals surface area contributed by atoms with E-state index in [9.17, 15) is 0 Å². The Kier molecular flexibility index (Phi) is 4.80. The van der Waals surface area contributed by atoms with Crippen LogP contribution in [0.4, 0.5) is 0 Å². The van der Waals surface area contributed by atoms with Gasteiger partial charge in [0.05, 0.1) is 15.0 Å². The third kappa shape index (κ3) is 5.58. The number of rotatable bonds is 1. The van der Waals surface area contributed by atoms with Crippen LogP contribution in [-0.2, 0) is 17.2 Å². The number of nitrogens with zero attached hydrogens (tertiary/aromatic N) is 1. The highest BCUT2D eigenvalue weighted by Gasteiger charge is 2.07. The van der Waals surface area contributed by atoms with Crippen molar-refractivity contribution in [2.45, 2.75) is 0 Å². The molecule has 0 aliphatic rings. The van der Waals surface area contributed by atoms with E-state index >= 15 is 0 Å². The van der Waals surface area contributed by atoms with Gasteiger partial charge in [-0.05, 0) is 17.5 Å². The maximum absolute atomic E-state index is 9.08. The highest BCUT2D eigenvalue weighted by molar-refractivity contribution is 7.84. The van der Waals surface area contributed by atoms with Crippen LogP contribution in [0.15, 0.2) is 41.9 Å². The van der Waals surface area contributed by atoms with E-state index in [1.54, 1.807) is 11.3 Å². The molecule has 0 aromatic carbocycles. The first kappa shape index (κ1) is 13.8. The summed E-state index contributed by atoms with van der Waals surface area (Å²) in [6, 6.07) is 10.4. The average molecular weight is 271 g/mol. The van der Waals surface area contributed by atoms with E-state index in [0.717, 1.165) is 0 Å². The molecule has 2 rings (SSSR count). The number of thiophene rings is 1. The van der Waals surface area contributed by atoms with Crippen molar-refractivity contribution in [1.29, 1.82) is 0 Å². The summed E-state index contributed by atoms with van der Waals surface area (Å²) in [5, 5.41) is 2.10. The van der Waals surface area contributed by atoms with Crippen molar-refractivity contribution in [2.24, 2.45) is 7.05 Å². The fraction of sp³-hybridized carbons (Fsp3) is 0.182. The Balaban J connectivity index is 0.000000249. The van der Waals surface area contributed by atoms with Gasteiger partial charge in [0.25, 0.3) is 0 Å². The molecule has 0 saturated heterocycles. The molecule has 6 heteroatoms. The van der Waals surface area contributed by atoms with E-state index in [0.29, 0.717) is 6.26 Å². The van der Waals surface area contributed by atoms with Gasteiger partial charge >= 0.3 is 0 Å². The van der Waals surface area contributed by atoms with Crippen LogP contribution in [-0.4, -0.2) is 19.2 Å². The summed E-state index contributed by atoms with van der Waals surface area (Å²) in [7, 11) is -1.85. The van der Waals surface area contributed by atoms with Gasteiger partial charge in [-0.2, -0.15) is 0 Å². The van der Waals surface area contributed by atoms with Gasteiger partial charge in [-0.3, -0.25) is 0 Å². The number of hydrogen-bond donors (Lipinski definition) is 0. The van der Waals surface area contributed by atoms with Crippen LogP contribution in [0.3, 0.4) is 0 Å². The molecule has 0 N–H and O–H groups in total. The van der Waals surface area contributed by atoms with E-state index in [-0.39, 0.29) is 0 Å². The van der Waals surface area contributed by atoms with Crippen molar-refractivity contribution >= 4 is 21.5 Å². The summed E-state index contributed by atoms with van der Waals surface area (Å²) in [5.41, 5.74) is 1.27. The molecule has 0 aliphatic heterocycles. The molecule has 0 aliphatic carbocycles. The minimum atomic E-state index is -3.92. The van der Waals surface area contributed by atoms with Crippen molar-refractivity contribution in [3.8, 4) is 10.6 Å². The highest BCUT2D eigenvalue weighted by Crippen LogP contribution is 2.20. The Morgan fingerprint density at radius 1 is 1.24 bits per heavy atom. The molecule has 0 unspecified atom stereocenters. The smallest absolute Gasteiger partial charge is 0.222 e. The zero-order valence-corrected chi connectivity index (χ0v) is 11.2. The maximum atomic E-state index is 9.08. The summed E-state index contributed by atoms with van der Waals surface area (Å²) in [6.45, 7) is 0. The SMILES string of the molecule is CS(=O)(=O)[O-].C[n+]1ccccc1-c1cccs1. The van der Waals surface area contributed by atoms with Crippen LogP contribution in [0, 0.1) is 0 Å². The molecule has 92 valence electrons. The van der Waals surface area contributed by atoms with E-state index in [1.165, 1.54) is 10.6 Å². The maximum Gasteiger partial charge on any atom is 0.222 e. The van der Waals surface area contributed by atoms with Crippen LogP contribution in [0.1, 0.15) is 0 Å². The first-order valence-corrected chi connectivity index (χ1v) is 7.47. The molecule has 2 aromatic heterocycles. The second kappa shape index (κ2) is 5.90. The predicted molar refractivity (Wildman–Crippen MR) is 66.6 cm³/mol. The summed E-state index contributed by atoms with van der Waals surface area (Å²) in [6.07, 6.45) is 2.67. The number of aromatic nitrogens is 1. The summed E-state index contributed by atoms with van der Waals surface area (Å²) >= 11 is 1.77. The van der Waals surface area contributed by atoms with Crippen LogP contribution in [0.2, 0.25) is 0 Å². The molecule has 0 radical (unpaired) electrons. The fourth-order valence-corrected chi connectivity index (χ4v) is 2.00. The van der Waals surface area contributed by atoms with Crippen molar-refractivity contribution < 1.29 is 17.5 Å². The third-order valence-electron chi connectivity index (χ3n) is 1.83. The molecule has 2 heterocycles. The van der Waals surface area contributed by atoms with Gasteiger partial charge in [0.15, 0.2) is 6.20 Å². The zero-order valence-electron chi connectivity index (χ0n) is 9.53. The predicted octanol–water partition coefficient (Wildman–Crippen LogP) is 1.40. The van der Waals surface area contributed by atoms with E-state index in [2.05, 4.69) is 47.5 Å². The Labute approximate surface area is 105 Å². The van der Waals surface area contributed by atoms with Crippen molar-refractivity contribution in [1.82, 2.24) is 0 Å². The quantitative estimate of drug-likeness (QED) is 0.582. The summed E-state index contributed by atoms with van der Waals surface area (Å²) in [5.74, 6) is 0. The molecule has 0 bridgehead atoms. The summed E-state index contributed by atoms with van der Waals surface area (Å²) in [4.78, 5) is 1.32. The van der Waals surface area contributed by atoms with E-state index < -0.39 is 10.1 Å². The molecule has 4 nitrogen and oxygen atoms in total. The van der Waals surface area contributed by atoms with E-state index in [4.69, 9.17) is 13.0 Å². The number of aryl methyl sites for hydroxylation is 1. The third-order valence-corrected chi connectivity index (χ3v) is 2.72. The first-order chi connectivity index (χ1) is 7.88. The highest BCUT2D eigenvalue weighted by atomic mass is 32.2. The van der Waals surface area contributed by atoms with Gasteiger partial charge in [0.2, 0.25) is 5.69 Å². The minimum Gasteiger partial charge on any atom is -0.748 e. The first-order valence-electron chi connectivity index (χ1n) is 4.77. The monoisotopic (exact) mass is 271 g/mol. The Hall–Kier alpha value is -1.24. The minimum absolute atomic E-state index is 0.604. The van der Waals surface area contributed by atoms with Crippen LogP contribution in [0.5, 0.6) is 0 Å². The van der Waals surface area contributed by atoms with Crippen molar-refractivity contribution in [2.75, 3.05) is 6.26 Å². The topological polar surface area (TPSA) is 61.1 Å². The van der Waals surface area contributed by atoms with Gasteiger partial charge in [0, 0.05) is 18.4 Å². The van der Waals surface area contributed by atoms with Crippen molar-refractivity contribution in [3.05, 3.63) is 41.9 Å². The average Bonchev–Trinajstić information content (AvgIpc) is 2.68. The zero-order chi connectivity index (χ0) is 12.9. The Morgan fingerprint density at radius 3 is 2.35 bits per heavy atom. The lowest BCUT2D eigenvalue weighted by atomic mass is 10.3. The molecule has 0 spiro atoms. The van der Waals surface area contributed by atoms with Gasteiger partial charge in [-0.1, -0.05) is 6.07 Å². The fourth-order valence-electron chi connectivity index (χ4n) is 1.20. The molecule has 2 aromatic rings. The van der Waals surface area contributed by atoms with Crippen LogP contribution >= 0.6 is 11.3 Å². The second-order valence-corrected chi connectivity index (χ2v) is 5.73. The lowest BCUT2D eigenvalue weighted by Crippen LogP contribution is -2.29. The Morgan fingerprint density at radius 2 is 1.88 bits per heavy atom. The number of pyridine rings is 1. The lowest BCUT2D eigenvalue weighted by molar-refractivity contribution is -0.660.